The van der Waals surface area contributed by atoms with Gasteiger partial charge in [0.15, 0.2) is 0 Å². The third kappa shape index (κ3) is 1.84. The molecule has 0 saturated heterocycles. The molecule has 4 aliphatic rings. The third-order valence-electron chi connectivity index (χ3n) is 6.31. The molecule has 1 heterocycles. The van der Waals surface area contributed by atoms with Gasteiger partial charge in [-0.05, 0) is 87.3 Å². The molecule has 4 aliphatic carbocycles. The maximum absolute atomic E-state index is 4.74. The Kier molecular flexibility index (Phi) is 2.92. The molecule has 0 aromatic carbocycles. The van der Waals surface area contributed by atoms with Gasteiger partial charge in [0.25, 0.3) is 0 Å². The lowest BCUT2D eigenvalue weighted by Crippen LogP contribution is -2.51. The smallest absolute Gasteiger partial charge is 0.0607 e. The van der Waals surface area contributed by atoms with Crippen molar-refractivity contribution in [1.29, 1.82) is 0 Å². The summed E-state index contributed by atoms with van der Waals surface area (Å²) < 4.78 is 0. The summed E-state index contributed by atoms with van der Waals surface area (Å²) in [4.78, 5) is 4.74. The van der Waals surface area contributed by atoms with Crippen molar-refractivity contribution >= 4 is 0 Å². The van der Waals surface area contributed by atoms with Crippen molar-refractivity contribution in [2.75, 3.05) is 7.05 Å². The lowest BCUT2D eigenvalue weighted by Gasteiger charge is -2.59. The van der Waals surface area contributed by atoms with E-state index in [-0.39, 0.29) is 0 Å². The molecule has 0 amide bonds. The van der Waals surface area contributed by atoms with Crippen LogP contribution in [0.4, 0.5) is 0 Å². The molecule has 4 fully saturated rings. The molecule has 2 heteroatoms. The molecule has 108 valence electrons. The van der Waals surface area contributed by atoms with E-state index < -0.39 is 0 Å². The van der Waals surface area contributed by atoms with Crippen LogP contribution in [-0.2, 0) is 0 Å². The van der Waals surface area contributed by atoms with Crippen molar-refractivity contribution in [3.8, 4) is 0 Å². The maximum Gasteiger partial charge on any atom is 0.0607 e. The predicted octanol–water partition coefficient (Wildman–Crippen LogP) is 3.87. The first-order valence-electron chi connectivity index (χ1n) is 8.29. The molecule has 1 aromatic rings. The second kappa shape index (κ2) is 4.56. The summed E-state index contributed by atoms with van der Waals surface area (Å²) in [5.41, 5.74) is 3.14. The molecule has 1 aromatic heterocycles. The van der Waals surface area contributed by atoms with Crippen LogP contribution in [0.15, 0.2) is 18.3 Å². The molecule has 2 nitrogen and oxygen atoms in total. The van der Waals surface area contributed by atoms with Crippen LogP contribution in [0.1, 0.15) is 55.8 Å². The standard InChI is InChI=1S/C18H26N2/c1-12-4-3-5-20-16(12)17(19-2)18-9-13-6-14(10-18)8-15(7-13)11-18/h3-5,13-15,17,19H,6-11H2,1-2H3. The topological polar surface area (TPSA) is 24.9 Å². The van der Waals surface area contributed by atoms with Gasteiger partial charge in [-0.1, -0.05) is 6.07 Å². The quantitative estimate of drug-likeness (QED) is 0.902. The van der Waals surface area contributed by atoms with Gasteiger partial charge in [-0.25, -0.2) is 0 Å². The van der Waals surface area contributed by atoms with Gasteiger partial charge in [-0.2, -0.15) is 0 Å². The molecule has 4 bridgehead atoms. The first-order chi connectivity index (χ1) is 9.70. The van der Waals surface area contributed by atoms with Crippen LogP contribution < -0.4 is 5.32 Å². The van der Waals surface area contributed by atoms with Crippen LogP contribution in [0.3, 0.4) is 0 Å². The van der Waals surface area contributed by atoms with E-state index in [2.05, 4.69) is 31.4 Å². The highest BCUT2D eigenvalue weighted by Gasteiger charge is 2.54. The van der Waals surface area contributed by atoms with E-state index in [1.165, 1.54) is 49.8 Å². The zero-order chi connectivity index (χ0) is 13.7. The summed E-state index contributed by atoms with van der Waals surface area (Å²) in [7, 11) is 2.14. The van der Waals surface area contributed by atoms with E-state index in [4.69, 9.17) is 4.98 Å². The highest BCUT2D eigenvalue weighted by Crippen LogP contribution is 2.63. The number of nitrogens with zero attached hydrogens (tertiary/aromatic N) is 1. The van der Waals surface area contributed by atoms with E-state index >= 15 is 0 Å². The molecular formula is C18H26N2. The van der Waals surface area contributed by atoms with Gasteiger partial charge in [0.1, 0.15) is 0 Å². The number of aryl methyl sites for hydroxylation is 1. The van der Waals surface area contributed by atoms with Gasteiger partial charge >= 0.3 is 0 Å². The second-order valence-electron chi connectivity index (χ2n) is 7.71. The molecule has 5 rings (SSSR count). The van der Waals surface area contributed by atoms with Gasteiger partial charge in [0, 0.05) is 6.20 Å². The van der Waals surface area contributed by atoms with Crippen LogP contribution in [0.5, 0.6) is 0 Å². The highest BCUT2D eigenvalue weighted by molar-refractivity contribution is 5.25. The zero-order valence-electron chi connectivity index (χ0n) is 12.7. The molecule has 1 atom stereocenters. The summed E-state index contributed by atoms with van der Waals surface area (Å²) >= 11 is 0. The van der Waals surface area contributed by atoms with E-state index in [0.717, 1.165) is 17.8 Å². The fourth-order valence-corrected chi connectivity index (χ4v) is 6.06. The summed E-state index contributed by atoms with van der Waals surface area (Å²) in [5.74, 6) is 3.00. The van der Waals surface area contributed by atoms with E-state index in [1.807, 2.05) is 6.20 Å². The summed E-state index contributed by atoms with van der Waals surface area (Å²) in [6.07, 6.45) is 10.8. The minimum atomic E-state index is 0.456. The monoisotopic (exact) mass is 270 g/mol. The number of rotatable bonds is 3. The van der Waals surface area contributed by atoms with Gasteiger partial charge < -0.3 is 5.32 Å². The van der Waals surface area contributed by atoms with Crippen LogP contribution in [0.2, 0.25) is 0 Å². The average molecular weight is 270 g/mol. The Labute approximate surface area is 122 Å². The molecule has 20 heavy (non-hydrogen) atoms. The number of aromatic nitrogens is 1. The molecular weight excluding hydrogens is 244 g/mol. The summed E-state index contributed by atoms with van der Waals surface area (Å²) in [6.45, 7) is 2.22. The van der Waals surface area contributed by atoms with E-state index in [0.29, 0.717) is 11.5 Å². The fourth-order valence-electron chi connectivity index (χ4n) is 6.06. The first-order valence-corrected chi connectivity index (χ1v) is 8.29. The minimum Gasteiger partial charge on any atom is -0.311 e. The third-order valence-corrected chi connectivity index (χ3v) is 6.31. The van der Waals surface area contributed by atoms with Gasteiger partial charge in [-0.15, -0.1) is 0 Å². The predicted molar refractivity (Wildman–Crippen MR) is 81.4 cm³/mol. The SMILES string of the molecule is CNC(c1ncccc1C)C12CC3CC(CC(C3)C1)C2. The highest BCUT2D eigenvalue weighted by atomic mass is 14.9. The minimum absolute atomic E-state index is 0.456. The summed E-state index contributed by atoms with van der Waals surface area (Å²) in [5, 5.41) is 3.65. The summed E-state index contributed by atoms with van der Waals surface area (Å²) in [6, 6.07) is 4.73. The van der Waals surface area contributed by atoms with Crippen molar-refractivity contribution in [2.24, 2.45) is 23.2 Å². The van der Waals surface area contributed by atoms with E-state index in [1.54, 1.807) is 0 Å². The largest absolute Gasteiger partial charge is 0.311 e. The van der Waals surface area contributed by atoms with Crippen molar-refractivity contribution in [3.05, 3.63) is 29.6 Å². The van der Waals surface area contributed by atoms with Gasteiger partial charge in [-0.3, -0.25) is 4.98 Å². The molecule has 0 aliphatic heterocycles. The number of hydrogen-bond acceptors (Lipinski definition) is 2. The normalized spacial score (nSPS) is 40.0. The Morgan fingerprint density at radius 3 is 2.25 bits per heavy atom. The first kappa shape index (κ1) is 12.8. The number of hydrogen-bond donors (Lipinski definition) is 1. The molecule has 1 N–H and O–H groups in total. The lowest BCUT2D eigenvalue weighted by atomic mass is 9.47. The van der Waals surface area contributed by atoms with Gasteiger partial charge in [0.05, 0.1) is 11.7 Å². The average Bonchev–Trinajstić information content (AvgIpc) is 2.40. The van der Waals surface area contributed by atoms with E-state index in [9.17, 15) is 0 Å². The Morgan fingerprint density at radius 1 is 1.15 bits per heavy atom. The fraction of sp³-hybridized carbons (Fsp3) is 0.722. The van der Waals surface area contributed by atoms with Crippen LogP contribution in [0.25, 0.3) is 0 Å². The number of pyridine rings is 1. The number of nitrogens with one attached hydrogen (secondary N) is 1. The zero-order valence-corrected chi connectivity index (χ0v) is 12.7. The Balaban J connectivity index is 1.73. The molecule has 4 saturated carbocycles. The van der Waals surface area contributed by atoms with Crippen LogP contribution >= 0.6 is 0 Å². The van der Waals surface area contributed by atoms with Crippen LogP contribution in [-0.4, -0.2) is 12.0 Å². The van der Waals surface area contributed by atoms with Crippen molar-refractivity contribution in [2.45, 2.75) is 51.5 Å². The molecule has 0 spiro atoms. The van der Waals surface area contributed by atoms with Crippen LogP contribution in [0, 0.1) is 30.1 Å². The lowest BCUT2D eigenvalue weighted by molar-refractivity contribution is -0.0744. The van der Waals surface area contributed by atoms with Gasteiger partial charge in [0.2, 0.25) is 0 Å². The maximum atomic E-state index is 4.74. The molecule has 1 unspecified atom stereocenters. The van der Waals surface area contributed by atoms with Crippen molar-refractivity contribution < 1.29 is 0 Å². The Bertz CT molecular complexity index is 473. The molecule has 0 radical (unpaired) electrons. The Morgan fingerprint density at radius 2 is 1.75 bits per heavy atom. The second-order valence-corrected chi connectivity index (χ2v) is 7.71. The van der Waals surface area contributed by atoms with Crippen molar-refractivity contribution in [3.63, 3.8) is 0 Å². The Hall–Kier alpha value is -0.890. The van der Waals surface area contributed by atoms with Crippen molar-refractivity contribution in [1.82, 2.24) is 10.3 Å².